The fraction of sp³-hybridized carbons (Fsp3) is 0.250. The van der Waals surface area contributed by atoms with Crippen molar-refractivity contribution in [2.75, 3.05) is 0 Å². The van der Waals surface area contributed by atoms with Gasteiger partial charge in [-0.3, -0.25) is 0 Å². The van der Waals surface area contributed by atoms with Crippen LogP contribution in [0.3, 0.4) is 0 Å². The third-order valence-electron chi connectivity index (χ3n) is 1.99. The first-order chi connectivity index (χ1) is 7.60. The van der Waals surface area contributed by atoms with Crippen molar-refractivity contribution in [3.63, 3.8) is 0 Å². The van der Waals surface area contributed by atoms with Crippen LogP contribution in [0.4, 0.5) is 32.6 Å². The standard InChI is InChI=1S/C8H5BrF8S/c9-7(10,6-4-2-1-3-5-6)8(11,12)18(13,14,15,16)17/h1-5H. The van der Waals surface area contributed by atoms with Crippen LogP contribution < -0.4 is 0 Å². The molecule has 1 unspecified atom stereocenters. The molecule has 0 amide bonds. The molecule has 0 saturated heterocycles. The first kappa shape index (κ1) is 15.5. The molecule has 0 N–H and O–H groups in total. The van der Waals surface area contributed by atoms with Gasteiger partial charge in [-0.1, -0.05) is 49.8 Å². The maximum atomic E-state index is 13.6. The second-order valence-electron chi connectivity index (χ2n) is 3.43. The molecule has 10 heteroatoms. The average molecular weight is 365 g/mol. The normalized spacial score (nSPS) is 20.7. The largest absolute Gasteiger partial charge is 0.427 e. The van der Waals surface area contributed by atoms with Crippen molar-refractivity contribution in [2.24, 2.45) is 0 Å². The number of halogens is 9. The minimum atomic E-state index is -11.4. The Bertz CT molecular complexity index is 450. The van der Waals surface area contributed by atoms with Gasteiger partial charge in [-0.2, -0.15) is 8.78 Å². The molecular formula is C8H5BrF8S. The number of rotatable bonds is 3. The molecule has 1 aromatic carbocycles. The van der Waals surface area contributed by atoms with E-state index in [1.165, 1.54) is 22.0 Å². The van der Waals surface area contributed by atoms with Gasteiger partial charge in [0.1, 0.15) is 0 Å². The summed E-state index contributed by atoms with van der Waals surface area (Å²) in [6, 6.07) is 4.14. The van der Waals surface area contributed by atoms with Crippen LogP contribution in [-0.2, 0) is 4.58 Å². The van der Waals surface area contributed by atoms with Crippen LogP contribution in [0.2, 0.25) is 0 Å². The van der Waals surface area contributed by atoms with E-state index in [9.17, 15) is 32.6 Å². The highest BCUT2D eigenvalue weighted by molar-refractivity contribution is 9.09. The van der Waals surface area contributed by atoms with E-state index in [4.69, 9.17) is 0 Å². The fourth-order valence-corrected chi connectivity index (χ4v) is 2.84. The van der Waals surface area contributed by atoms with Crippen LogP contribution in [0, 0.1) is 0 Å². The van der Waals surface area contributed by atoms with Crippen molar-refractivity contribution in [3.05, 3.63) is 35.9 Å². The molecule has 18 heavy (non-hydrogen) atoms. The molecule has 1 aromatic rings. The van der Waals surface area contributed by atoms with E-state index in [2.05, 4.69) is 0 Å². The molecule has 0 aliphatic heterocycles. The second-order valence-corrected chi connectivity index (χ2v) is 6.97. The SMILES string of the molecule is FC(Br)(c1ccccc1)C(F)(F)S(F)(F)(F)(F)F. The van der Waals surface area contributed by atoms with Gasteiger partial charge in [-0.05, 0) is 15.9 Å². The molecule has 0 radical (unpaired) electrons. The van der Waals surface area contributed by atoms with Gasteiger partial charge in [-0.15, -0.1) is 0 Å². The summed E-state index contributed by atoms with van der Waals surface area (Å²) in [5.41, 5.74) is -1.26. The number of hydrogen-bond acceptors (Lipinski definition) is 0. The van der Waals surface area contributed by atoms with Gasteiger partial charge in [0.05, 0.1) is 0 Å². The van der Waals surface area contributed by atoms with Crippen molar-refractivity contribution in [1.29, 1.82) is 0 Å². The van der Waals surface area contributed by atoms with Gasteiger partial charge in [-0.25, -0.2) is 4.39 Å². The molecule has 0 fully saturated rings. The molecule has 0 saturated carbocycles. The smallest absolute Gasteiger partial charge is 0.218 e. The Morgan fingerprint density at radius 1 is 0.833 bits per heavy atom. The predicted octanol–water partition coefficient (Wildman–Crippen LogP) is 6.10. The summed E-state index contributed by atoms with van der Waals surface area (Å²) >= 11 is 1.43. The Morgan fingerprint density at radius 3 is 1.56 bits per heavy atom. The summed E-state index contributed by atoms with van der Waals surface area (Å²) in [5, 5.41) is -6.85. The summed E-state index contributed by atoms with van der Waals surface area (Å²) < 4.78 is 95.4. The maximum absolute atomic E-state index is 13.6. The highest BCUT2D eigenvalue weighted by Crippen LogP contribution is 3.06. The van der Waals surface area contributed by atoms with Crippen molar-refractivity contribution in [2.45, 2.75) is 9.83 Å². The molecule has 106 valence electrons. The highest BCUT2D eigenvalue weighted by Gasteiger charge is 2.90. The van der Waals surface area contributed by atoms with Crippen LogP contribution in [0.5, 0.6) is 0 Å². The van der Waals surface area contributed by atoms with E-state index in [0.29, 0.717) is 12.1 Å². The van der Waals surface area contributed by atoms with Crippen LogP contribution >= 0.6 is 26.2 Å². The van der Waals surface area contributed by atoms with Crippen LogP contribution in [0.25, 0.3) is 0 Å². The predicted molar refractivity (Wildman–Crippen MR) is 56.2 cm³/mol. The molecule has 0 aliphatic carbocycles. The lowest BCUT2D eigenvalue weighted by molar-refractivity contribution is -0.0484. The summed E-state index contributed by atoms with van der Waals surface area (Å²) in [7, 11) is -11.4. The molecular weight excluding hydrogens is 360 g/mol. The van der Waals surface area contributed by atoms with Crippen LogP contribution in [0.1, 0.15) is 5.56 Å². The van der Waals surface area contributed by atoms with Crippen LogP contribution in [-0.4, -0.2) is 5.25 Å². The monoisotopic (exact) mass is 364 g/mol. The molecule has 0 aromatic heterocycles. The molecule has 0 aliphatic rings. The number of hydrogen-bond donors (Lipinski definition) is 0. The third kappa shape index (κ3) is 2.31. The van der Waals surface area contributed by atoms with Crippen molar-refractivity contribution in [3.8, 4) is 0 Å². The topological polar surface area (TPSA) is 0 Å². The lowest BCUT2D eigenvalue weighted by atomic mass is 10.1. The van der Waals surface area contributed by atoms with Gasteiger partial charge in [0.2, 0.25) is 0 Å². The molecule has 0 nitrogen and oxygen atoms in total. The van der Waals surface area contributed by atoms with Crippen molar-refractivity contribution >= 4 is 26.2 Å². The Labute approximate surface area is 105 Å². The third-order valence-corrected chi connectivity index (χ3v) is 4.45. The quantitative estimate of drug-likeness (QED) is 0.449. The fourth-order valence-electron chi connectivity index (χ4n) is 1.06. The van der Waals surface area contributed by atoms with Crippen LogP contribution in [0.15, 0.2) is 30.3 Å². The second kappa shape index (κ2) is 3.33. The zero-order valence-corrected chi connectivity index (χ0v) is 10.6. The Balaban J connectivity index is 3.47. The summed E-state index contributed by atoms with van der Waals surface area (Å²) in [6.45, 7) is 0. The molecule has 0 bridgehead atoms. The Hall–Kier alpha value is -0.510. The van der Waals surface area contributed by atoms with E-state index in [0.717, 1.165) is 12.1 Å². The van der Waals surface area contributed by atoms with E-state index in [-0.39, 0.29) is 0 Å². The van der Waals surface area contributed by atoms with E-state index in [1.54, 1.807) is 0 Å². The first-order valence-electron chi connectivity index (χ1n) is 4.14. The van der Waals surface area contributed by atoms with Gasteiger partial charge in [0.15, 0.2) is 0 Å². The van der Waals surface area contributed by atoms with E-state index >= 15 is 0 Å². The average Bonchev–Trinajstić information content (AvgIpc) is 2.14. The first-order valence-corrected chi connectivity index (χ1v) is 6.89. The van der Waals surface area contributed by atoms with E-state index in [1.807, 2.05) is 0 Å². The zero-order chi connectivity index (χ0) is 14.5. The molecule has 0 spiro atoms. The van der Waals surface area contributed by atoms with Gasteiger partial charge in [0, 0.05) is 5.56 Å². The van der Waals surface area contributed by atoms with Gasteiger partial charge < -0.3 is 0 Å². The van der Waals surface area contributed by atoms with Crippen molar-refractivity contribution in [1.82, 2.24) is 0 Å². The van der Waals surface area contributed by atoms with Gasteiger partial charge >= 0.3 is 15.5 Å². The molecule has 1 rings (SSSR count). The summed E-state index contributed by atoms with van der Waals surface area (Å²) in [5.74, 6) is 0. The van der Waals surface area contributed by atoms with Gasteiger partial charge in [0.25, 0.3) is 4.58 Å². The lowest BCUT2D eigenvalue weighted by Gasteiger charge is -2.49. The zero-order valence-electron chi connectivity index (χ0n) is 8.20. The molecule has 0 heterocycles. The van der Waals surface area contributed by atoms with Crippen molar-refractivity contribution < 1.29 is 32.6 Å². The molecule has 1 atom stereocenters. The number of benzene rings is 1. The summed E-state index contributed by atoms with van der Waals surface area (Å²) in [4.78, 5) is 0. The highest BCUT2D eigenvalue weighted by atomic mass is 79.9. The Kier molecular flexibility index (Phi) is 2.87. The summed E-state index contributed by atoms with van der Waals surface area (Å²) in [6.07, 6.45) is 0. The minimum Gasteiger partial charge on any atom is -0.218 e. The minimum absolute atomic E-state index is 0.534. The lowest BCUT2D eigenvalue weighted by Crippen LogP contribution is -2.45. The van der Waals surface area contributed by atoms with E-state index < -0.39 is 25.6 Å². The maximum Gasteiger partial charge on any atom is 0.427 e. The number of alkyl halides is 4. The Morgan fingerprint density at radius 2 is 1.22 bits per heavy atom.